The van der Waals surface area contributed by atoms with E-state index in [-0.39, 0.29) is 0 Å². The molecule has 0 aliphatic carbocycles. The van der Waals surface area contributed by atoms with E-state index in [4.69, 9.17) is 5.73 Å². The predicted molar refractivity (Wildman–Crippen MR) is 73.3 cm³/mol. The van der Waals surface area contributed by atoms with E-state index in [1.807, 2.05) is 17.6 Å². The van der Waals surface area contributed by atoms with Gasteiger partial charge in [-0.05, 0) is 18.1 Å². The molecular formula is C13H13N3S. The molecule has 0 bridgehead atoms. The molecule has 3 rings (SSSR count). The smallest absolute Gasteiger partial charge is 0.151 e. The van der Waals surface area contributed by atoms with E-state index >= 15 is 0 Å². The van der Waals surface area contributed by atoms with Crippen molar-refractivity contribution in [2.45, 2.75) is 19.8 Å². The molecular weight excluding hydrogens is 230 g/mol. The Labute approximate surface area is 103 Å². The fourth-order valence-corrected chi connectivity index (χ4v) is 3.09. The molecule has 2 N–H and O–H groups in total. The Morgan fingerprint density at radius 3 is 3.06 bits per heavy atom. The maximum atomic E-state index is 5.92. The molecule has 0 unspecified atom stereocenters. The Bertz CT molecular complexity index is 688. The van der Waals surface area contributed by atoms with Crippen LogP contribution < -0.4 is 5.73 Å². The second kappa shape index (κ2) is 3.96. The summed E-state index contributed by atoms with van der Waals surface area (Å²) >= 11 is 1.64. The topological polar surface area (TPSA) is 51.8 Å². The number of thiazole rings is 1. The van der Waals surface area contributed by atoms with Gasteiger partial charge < -0.3 is 5.73 Å². The van der Waals surface area contributed by atoms with E-state index in [1.165, 1.54) is 10.9 Å². The van der Waals surface area contributed by atoms with E-state index < -0.39 is 0 Å². The van der Waals surface area contributed by atoms with Crippen LogP contribution in [0.1, 0.15) is 18.9 Å². The molecule has 0 amide bonds. The Hall–Kier alpha value is -1.68. The summed E-state index contributed by atoms with van der Waals surface area (Å²) in [4.78, 5) is 8.74. The number of aromatic nitrogens is 2. The third-order valence-electron chi connectivity index (χ3n) is 2.93. The van der Waals surface area contributed by atoms with Gasteiger partial charge in [0.25, 0.3) is 0 Å². The standard InChI is InChI=1S/C13H13N3S/c1-2-4-8-5-3-6-9-10(8)12-11(13(14)16-9)15-7-17-12/h3,5-7H,2,4H2,1H3,(H2,14,16). The van der Waals surface area contributed by atoms with Crippen LogP contribution in [0.25, 0.3) is 21.1 Å². The van der Waals surface area contributed by atoms with Gasteiger partial charge in [0.2, 0.25) is 0 Å². The van der Waals surface area contributed by atoms with Gasteiger partial charge in [-0.15, -0.1) is 11.3 Å². The van der Waals surface area contributed by atoms with Crippen molar-refractivity contribution in [2.24, 2.45) is 0 Å². The lowest BCUT2D eigenvalue weighted by molar-refractivity contribution is 0.930. The first-order valence-electron chi connectivity index (χ1n) is 5.71. The zero-order valence-corrected chi connectivity index (χ0v) is 10.4. The van der Waals surface area contributed by atoms with Gasteiger partial charge in [-0.25, -0.2) is 9.97 Å². The van der Waals surface area contributed by atoms with Crippen molar-refractivity contribution in [2.75, 3.05) is 5.73 Å². The number of nitrogen functional groups attached to an aromatic ring is 1. The SMILES string of the molecule is CCCc1cccc2nc(N)c3ncsc3c12. The molecule has 0 atom stereocenters. The van der Waals surface area contributed by atoms with E-state index in [1.54, 1.807) is 11.3 Å². The molecule has 0 radical (unpaired) electrons. The van der Waals surface area contributed by atoms with Gasteiger partial charge in [0.05, 0.1) is 15.7 Å². The van der Waals surface area contributed by atoms with Gasteiger partial charge in [0.15, 0.2) is 5.82 Å². The number of nitrogens with two attached hydrogens (primary N) is 1. The van der Waals surface area contributed by atoms with Crippen molar-refractivity contribution < 1.29 is 0 Å². The number of rotatable bonds is 2. The largest absolute Gasteiger partial charge is 0.382 e. The molecule has 3 nitrogen and oxygen atoms in total. The lowest BCUT2D eigenvalue weighted by Crippen LogP contribution is -1.95. The highest BCUT2D eigenvalue weighted by atomic mass is 32.1. The maximum Gasteiger partial charge on any atom is 0.151 e. The van der Waals surface area contributed by atoms with Crippen molar-refractivity contribution in [3.8, 4) is 0 Å². The fraction of sp³-hybridized carbons (Fsp3) is 0.231. The third-order valence-corrected chi connectivity index (χ3v) is 3.77. The lowest BCUT2D eigenvalue weighted by Gasteiger charge is -2.06. The average molecular weight is 243 g/mol. The van der Waals surface area contributed by atoms with Crippen LogP contribution in [0.2, 0.25) is 0 Å². The van der Waals surface area contributed by atoms with E-state index in [9.17, 15) is 0 Å². The first-order valence-corrected chi connectivity index (χ1v) is 6.59. The highest BCUT2D eigenvalue weighted by molar-refractivity contribution is 7.17. The molecule has 1 aromatic carbocycles. The first-order chi connectivity index (χ1) is 8.31. The van der Waals surface area contributed by atoms with Gasteiger partial charge in [-0.2, -0.15) is 0 Å². The Morgan fingerprint density at radius 2 is 2.24 bits per heavy atom. The minimum Gasteiger partial charge on any atom is -0.382 e. The predicted octanol–water partition coefficient (Wildman–Crippen LogP) is 3.38. The molecule has 2 aromatic heterocycles. The Kier molecular flexibility index (Phi) is 2.44. The van der Waals surface area contributed by atoms with Crippen LogP contribution in [0.5, 0.6) is 0 Å². The van der Waals surface area contributed by atoms with Crippen LogP contribution in [-0.2, 0) is 6.42 Å². The fourth-order valence-electron chi connectivity index (χ4n) is 2.21. The third kappa shape index (κ3) is 1.56. The van der Waals surface area contributed by atoms with Crippen molar-refractivity contribution in [3.63, 3.8) is 0 Å². The zero-order valence-electron chi connectivity index (χ0n) is 9.60. The van der Waals surface area contributed by atoms with Crippen LogP contribution in [0.3, 0.4) is 0 Å². The van der Waals surface area contributed by atoms with Gasteiger partial charge in [-0.1, -0.05) is 25.5 Å². The van der Waals surface area contributed by atoms with Gasteiger partial charge >= 0.3 is 0 Å². The van der Waals surface area contributed by atoms with Crippen LogP contribution in [0, 0.1) is 0 Å². The van der Waals surface area contributed by atoms with Crippen LogP contribution in [-0.4, -0.2) is 9.97 Å². The first kappa shape index (κ1) is 10.5. The van der Waals surface area contributed by atoms with Crippen LogP contribution in [0.4, 0.5) is 5.82 Å². The quantitative estimate of drug-likeness (QED) is 0.750. The zero-order chi connectivity index (χ0) is 11.8. The minimum atomic E-state index is 0.530. The molecule has 0 saturated heterocycles. The van der Waals surface area contributed by atoms with Crippen molar-refractivity contribution >= 4 is 38.3 Å². The molecule has 0 aliphatic heterocycles. The lowest BCUT2D eigenvalue weighted by atomic mass is 10.0. The summed E-state index contributed by atoms with van der Waals surface area (Å²) < 4.78 is 1.16. The molecule has 0 aliphatic rings. The Balaban J connectivity index is 2.48. The van der Waals surface area contributed by atoms with Crippen LogP contribution in [0.15, 0.2) is 23.7 Å². The van der Waals surface area contributed by atoms with E-state index in [0.717, 1.165) is 28.6 Å². The molecule has 17 heavy (non-hydrogen) atoms. The molecule has 2 heterocycles. The average Bonchev–Trinajstić information content (AvgIpc) is 2.79. The molecule has 86 valence electrons. The van der Waals surface area contributed by atoms with Crippen molar-refractivity contribution in [1.82, 2.24) is 9.97 Å². The van der Waals surface area contributed by atoms with Crippen LogP contribution >= 0.6 is 11.3 Å². The highest BCUT2D eigenvalue weighted by Crippen LogP contribution is 2.32. The summed E-state index contributed by atoms with van der Waals surface area (Å²) in [5.74, 6) is 0.530. The summed E-state index contributed by atoms with van der Waals surface area (Å²) in [6, 6.07) is 6.24. The highest BCUT2D eigenvalue weighted by Gasteiger charge is 2.11. The molecule has 0 saturated carbocycles. The summed E-state index contributed by atoms with van der Waals surface area (Å²) in [6.07, 6.45) is 2.19. The number of benzene rings is 1. The summed E-state index contributed by atoms with van der Waals surface area (Å²) in [5, 5.41) is 1.22. The number of nitrogens with zero attached hydrogens (tertiary/aromatic N) is 2. The number of aryl methyl sites for hydroxylation is 1. The summed E-state index contributed by atoms with van der Waals surface area (Å²) in [7, 11) is 0. The molecule has 4 heteroatoms. The van der Waals surface area contributed by atoms with E-state index in [2.05, 4.69) is 23.0 Å². The Morgan fingerprint density at radius 1 is 1.35 bits per heavy atom. The molecule has 0 fully saturated rings. The number of hydrogen-bond acceptors (Lipinski definition) is 4. The van der Waals surface area contributed by atoms with Gasteiger partial charge in [0.1, 0.15) is 5.52 Å². The summed E-state index contributed by atoms with van der Waals surface area (Å²) in [6.45, 7) is 2.19. The van der Waals surface area contributed by atoms with Crippen molar-refractivity contribution in [3.05, 3.63) is 29.3 Å². The normalized spacial score (nSPS) is 11.4. The van der Waals surface area contributed by atoms with Gasteiger partial charge in [0, 0.05) is 5.39 Å². The monoisotopic (exact) mass is 243 g/mol. The summed E-state index contributed by atoms with van der Waals surface area (Å²) in [5.41, 5.74) is 10.9. The number of hydrogen-bond donors (Lipinski definition) is 1. The minimum absolute atomic E-state index is 0.530. The van der Waals surface area contributed by atoms with E-state index in [0.29, 0.717) is 5.82 Å². The molecule has 3 aromatic rings. The maximum absolute atomic E-state index is 5.92. The van der Waals surface area contributed by atoms with Gasteiger partial charge in [-0.3, -0.25) is 0 Å². The number of anilines is 1. The molecule has 0 spiro atoms. The van der Waals surface area contributed by atoms with Crippen molar-refractivity contribution in [1.29, 1.82) is 0 Å². The number of fused-ring (bicyclic) bond motifs is 3. The second-order valence-corrected chi connectivity index (χ2v) is 4.94. The second-order valence-electron chi connectivity index (χ2n) is 4.09. The number of pyridine rings is 1.